The molecule has 8 heteroatoms. The largest absolute Gasteiger partial charge is 0.497 e. The van der Waals surface area contributed by atoms with E-state index >= 15 is 0 Å². The van der Waals surface area contributed by atoms with Gasteiger partial charge in [-0.2, -0.15) is 5.10 Å². The van der Waals surface area contributed by atoms with Crippen molar-refractivity contribution in [1.29, 1.82) is 0 Å². The summed E-state index contributed by atoms with van der Waals surface area (Å²) in [7, 11) is 3.45. The van der Waals surface area contributed by atoms with Crippen LogP contribution < -0.4 is 9.64 Å². The molecule has 0 saturated heterocycles. The normalized spacial score (nSPS) is 11.9. The van der Waals surface area contributed by atoms with Crippen molar-refractivity contribution in [2.75, 3.05) is 12.0 Å². The van der Waals surface area contributed by atoms with E-state index < -0.39 is 0 Å². The van der Waals surface area contributed by atoms with E-state index in [0.29, 0.717) is 23.1 Å². The van der Waals surface area contributed by atoms with Gasteiger partial charge in [0.15, 0.2) is 11.7 Å². The second-order valence-corrected chi connectivity index (χ2v) is 8.15. The summed E-state index contributed by atoms with van der Waals surface area (Å²) in [5.41, 5.74) is 2.58. The summed E-state index contributed by atoms with van der Waals surface area (Å²) in [4.78, 5) is 19.5. The Morgan fingerprint density at radius 3 is 2.70 bits per heavy atom. The van der Waals surface area contributed by atoms with Crippen LogP contribution in [0.15, 0.2) is 71.5 Å². The van der Waals surface area contributed by atoms with E-state index in [2.05, 4.69) is 10.1 Å². The molecule has 2 aromatic carbocycles. The lowest BCUT2D eigenvalue weighted by Gasteiger charge is -2.28. The third-order valence-electron chi connectivity index (χ3n) is 5.44. The average Bonchev–Trinajstić information content (AvgIpc) is 3.47. The summed E-state index contributed by atoms with van der Waals surface area (Å²) in [6, 6.07) is 14.8. The first-order valence-corrected chi connectivity index (χ1v) is 11.0. The van der Waals surface area contributed by atoms with Crippen molar-refractivity contribution in [3.05, 3.63) is 83.6 Å². The summed E-state index contributed by atoms with van der Waals surface area (Å²) >= 11 is 5.96. The molecule has 170 valence electrons. The van der Waals surface area contributed by atoms with Crippen LogP contribution in [0.1, 0.15) is 30.8 Å². The van der Waals surface area contributed by atoms with Crippen molar-refractivity contribution >= 4 is 23.2 Å². The first-order valence-electron chi connectivity index (χ1n) is 10.6. The third kappa shape index (κ3) is 5.26. The number of hydrogen-bond donors (Lipinski definition) is 0. The first-order chi connectivity index (χ1) is 15.9. The molecular weight excluding hydrogens is 440 g/mol. The second kappa shape index (κ2) is 9.92. The van der Waals surface area contributed by atoms with E-state index in [0.717, 1.165) is 22.6 Å². The molecule has 0 aliphatic rings. The number of hydrogen-bond acceptors (Lipinski definition) is 5. The Balaban J connectivity index is 1.52. The fourth-order valence-corrected chi connectivity index (χ4v) is 3.80. The topological polar surface area (TPSA) is 73.4 Å². The molecule has 4 rings (SSSR count). The van der Waals surface area contributed by atoms with Gasteiger partial charge in [0.25, 0.3) is 0 Å². The van der Waals surface area contributed by atoms with Crippen LogP contribution in [0.3, 0.4) is 0 Å². The number of carbonyl (C=O) groups excluding carboxylic acids is 1. The van der Waals surface area contributed by atoms with Gasteiger partial charge in [0.05, 0.1) is 31.2 Å². The van der Waals surface area contributed by atoms with E-state index in [9.17, 15) is 4.79 Å². The predicted molar refractivity (Wildman–Crippen MR) is 127 cm³/mol. The number of ether oxygens (including phenoxy) is 1. The smallest absolute Gasteiger partial charge is 0.228 e. The lowest BCUT2D eigenvalue weighted by Crippen LogP contribution is -2.33. The summed E-state index contributed by atoms with van der Waals surface area (Å²) in [5, 5.41) is 4.91. The van der Waals surface area contributed by atoms with Gasteiger partial charge in [-0.3, -0.25) is 9.48 Å². The van der Waals surface area contributed by atoms with E-state index in [1.54, 1.807) is 41.2 Å². The lowest BCUT2D eigenvalue weighted by molar-refractivity contribution is -0.119. The van der Waals surface area contributed by atoms with Crippen LogP contribution in [0.25, 0.3) is 11.3 Å². The SMILES string of the molecule is COc1cccc([C@@H](C)N(C(=O)CCc2ncc(-c3ccc(Cl)cc3)o2)c2cnn(C)c2)c1. The molecular formula is C25H25ClN4O3. The lowest BCUT2D eigenvalue weighted by atomic mass is 10.1. The predicted octanol–water partition coefficient (Wildman–Crippen LogP) is 5.46. The van der Waals surface area contributed by atoms with E-state index in [-0.39, 0.29) is 18.4 Å². The molecule has 7 nitrogen and oxygen atoms in total. The van der Waals surface area contributed by atoms with Crippen LogP contribution in [-0.2, 0) is 18.3 Å². The number of halogens is 1. The molecule has 0 spiro atoms. The van der Waals surface area contributed by atoms with Gasteiger partial charge in [0.2, 0.25) is 5.91 Å². The Bertz CT molecular complexity index is 1230. The highest BCUT2D eigenvalue weighted by Crippen LogP contribution is 2.30. The summed E-state index contributed by atoms with van der Waals surface area (Å²) in [6.07, 6.45) is 5.81. The van der Waals surface area contributed by atoms with E-state index in [1.807, 2.05) is 56.6 Å². The Hall–Kier alpha value is -3.58. The number of carbonyl (C=O) groups is 1. The van der Waals surface area contributed by atoms with Crippen LogP contribution in [-0.4, -0.2) is 27.8 Å². The Kier molecular flexibility index (Phi) is 6.79. The molecule has 0 aliphatic heterocycles. The molecule has 2 heterocycles. The molecule has 1 amide bonds. The van der Waals surface area contributed by atoms with Gasteiger partial charge >= 0.3 is 0 Å². The molecule has 1 atom stereocenters. The first kappa shape index (κ1) is 22.6. The van der Waals surface area contributed by atoms with Crippen molar-refractivity contribution in [1.82, 2.24) is 14.8 Å². The molecule has 0 unspecified atom stereocenters. The number of aryl methyl sites for hydroxylation is 2. The van der Waals surface area contributed by atoms with Crippen molar-refractivity contribution in [3.63, 3.8) is 0 Å². The van der Waals surface area contributed by atoms with Gasteiger partial charge in [-0.1, -0.05) is 23.7 Å². The zero-order valence-electron chi connectivity index (χ0n) is 18.7. The highest BCUT2D eigenvalue weighted by Gasteiger charge is 2.25. The number of aromatic nitrogens is 3. The number of nitrogens with zero attached hydrogens (tertiary/aromatic N) is 4. The number of methoxy groups -OCH3 is 1. The minimum Gasteiger partial charge on any atom is -0.497 e. The van der Waals surface area contributed by atoms with E-state index in [1.165, 1.54) is 0 Å². The van der Waals surface area contributed by atoms with Gasteiger partial charge in [-0.15, -0.1) is 0 Å². The molecule has 0 radical (unpaired) electrons. The maximum Gasteiger partial charge on any atom is 0.228 e. The molecule has 0 bridgehead atoms. The maximum atomic E-state index is 13.4. The van der Waals surface area contributed by atoms with Crippen molar-refractivity contribution in [3.8, 4) is 17.1 Å². The van der Waals surface area contributed by atoms with Crippen molar-refractivity contribution in [2.45, 2.75) is 25.8 Å². The number of anilines is 1. The summed E-state index contributed by atoms with van der Waals surface area (Å²) in [5.74, 6) is 1.84. The zero-order chi connectivity index (χ0) is 23.4. The van der Waals surface area contributed by atoms with Gasteiger partial charge in [-0.25, -0.2) is 4.98 Å². The average molecular weight is 465 g/mol. The summed E-state index contributed by atoms with van der Waals surface area (Å²) in [6.45, 7) is 1.99. The Morgan fingerprint density at radius 1 is 1.21 bits per heavy atom. The number of rotatable bonds is 8. The monoisotopic (exact) mass is 464 g/mol. The number of oxazole rings is 1. The summed E-state index contributed by atoms with van der Waals surface area (Å²) < 4.78 is 12.9. The molecule has 0 aliphatic carbocycles. The van der Waals surface area contributed by atoms with Gasteiger partial charge < -0.3 is 14.1 Å². The van der Waals surface area contributed by atoms with Gasteiger partial charge in [-0.05, 0) is 48.9 Å². The maximum absolute atomic E-state index is 13.4. The van der Waals surface area contributed by atoms with Crippen LogP contribution in [0.2, 0.25) is 5.02 Å². The standard InChI is InChI=1S/C25H25ClN4O3/c1-17(19-5-4-6-22(13-19)32-3)30(21-14-28-29(2)16-21)25(31)12-11-24-27-15-23(33-24)18-7-9-20(26)10-8-18/h4-10,13-17H,11-12H2,1-3H3/t17-/m1/s1. The Labute approximate surface area is 197 Å². The van der Waals surface area contributed by atoms with E-state index in [4.69, 9.17) is 20.8 Å². The third-order valence-corrected chi connectivity index (χ3v) is 5.69. The van der Waals surface area contributed by atoms with Crippen LogP contribution in [0, 0.1) is 0 Å². The fourth-order valence-electron chi connectivity index (χ4n) is 3.67. The zero-order valence-corrected chi connectivity index (χ0v) is 19.5. The van der Waals surface area contributed by atoms with Crippen LogP contribution in [0.5, 0.6) is 5.75 Å². The second-order valence-electron chi connectivity index (χ2n) is 7.71. The van der Waals surface area contributed by atoms with Crippen LogP contribution in [0.4, 0.5) is 5.69 Å². The van der Waals surface area contributed by atoms with Crippen LogP contribution >= 0.6 is 11.6 Å². The highest BCUT2D eigenvalue weighted by molar-refractivity contribution is 6.30. The molecule has 4 aromatic rings. The fraction of sp³-hybridized carbons (Fsp3) is 0.240. The van der Waals surface area contributed by atoms with Gasteiger partial charge in [0, 0.05) is 36.7 Å². The minimum atomic E-state index is -0.217. The van der Waals surface area contributed by atoms with Crippen molar-refractivity contribution in [2.24, 2.45) is 7.05 Å². The molecule has 2 aromatic heterocycles. The Morgan fingerprint density at radius 2 is 2.00 bits per heavy atom. The molecule has 0 fully saturated rings. The quantitative estimate of drug-likeness (QED) is 0.346. The molecule has 33 heavy (non-hydrogen) atoms. The molecule has 0 N–H and O–H groups in total. The van der Waals surface area contributed by atoms with Crippen molar-refractivity contribution < 1.29 is 13.9 Å². The highest BCUT2D eigenvalue weighted by atomic mass is 35.5. The minimum absolute atomic E-state index is 0.0513. The number of amides is 1. The number of benzene rings is 2. The van der Waals surface area contributed by atoms with Gasteiger partial charge in [0.1, 0.15) is 5.75 Å². The molecule has 0 saturated carbocycles.